The van der Waals surface area contributed by atoms with E-state index in [4.69, 9.17) is 4.74 Å². The zero-order valence-electron chi connectivity index (χ0n) is 11.5. The van der Waals surface area contributed by atoms with Gasteiger partial charge in [-0.3, -0.25) is 4.98 Å². The topological polar surface area (TPSA) is 22.1 Å². The molecule has 0 saturated carbocycles. The number of benzene rings is 1. The van der Waals surface area contributed by atoms with E-state index in [1.165, 1.54) is 0 Å². The van der Waals surface area contributed by atoms with Gasteiger partial charge in [0.25, 0.3) is 0 Å². The minimum atomic E-state index is -0.474. The van der Waals surface area contributed by atoms with Crippen molar-refractivity contribution in [2.24, 2.45) is 0 Å². The van der Waals surface area contributed by atoms with Gasteiger partial charge < -0.3 is 4.74 Å². The molecule has 0 radical (unpaired) electrons. The zero-order valence-corrected chi connectivity index (χ0v) is 12.4. The molecule has 1 atom stereocenters. The molecule has 0 bridgehead atoms. The smallest absolute Gasteiger partial charge is 0.164 e. The van der Waals surface area contributed by atoms with Crippen molar-refractivity contribution in [3.8, 4) is 0 Å². The fourth-order valence-electron chi connectivity index (χ4n) is 2.15. The van der Waals surface area contributed by atoms with E-state index >= 15 is 0 Å². The van der Waals surface area contributed by atoms with Crippen LogP contribution >= 0.6 is 11.8 Å². The molecule has 0 aliphatic heterocycles. The predicted octanol–water partition coefficient (Wildman–Crippen LogP) is 4.07. The van der Waals surface area contributed by atoms with Gasteiger partial charge >= 0.3 is 0 Å². The molecule has 2 aromatic rings. The van der Waals surface area contributed by atoms with E-state index < -0.39 is 4.93 Å². The van der Waals surface area contributed by atoms with E-state index in [0.717, 1.165) is 11.1 Å². The zero-order chi connectivity index (χ0) is 13.7. The fourth-order valence-corrected chi connectivity index (χ4v) is 3.45. The minimum absolute atomic E-state index is 0.452. The summed E-state index contributed by atoms with van der Waals surface area (Å²) in [6, 6.07) is 14.4. The van der Waals surface area contributed by atoms with Gasteiger partial charge in [0.2, 0.25) is 0 Å². The molecule has 2 nitrogen and oxygen atoms in total. The van der Waals surface area contributed by atoms with Crippen LogP contribution in [0.25, 0.3) is 0 Å². The average molecular weight is 273 g/mol. The molecule has 2 rings (SSSR count). The fraction of sp³-hybridized carbons (Fsp3) is 0.312. The Morgan fingerprint density at radius 2 is 1.58 bits per heavy atom. The molecule has 0 aliphatic carbocycles. The van der Waals surface area contributed by atoms with Gasteiger partial charge in [-0.25, -0.2) is 0 Å². The molecular weight excluding hydrogens is 254 g/mol. The highest BCUT2D eigenvalue weighted by Gasteiger charge is 2.35. The number of rotatable bonds is 5. The maximum Gasteiger partial charge on any atom is 0.164 e. The predicted molar refractivity (Wildman–Crippen MR) is 81.2 cm³/mol. The van der Waals surface area contributed by atoms with Crippen LogP contribution in [0.3, 0.4) is 0 Å². The molecule has 0 amide bonds. The Kier molecular flexibility index (Phi) is 4.61. The summed E-state index contributed by atoms with van der Waals surface area (Å²) in [4.78, 5) is 3.63. The van der Waals surface area contributed by atoms with E-state index in [-0.39, 0.29) is 0 Å². The lowest BCUT2D eigenvalue weighted by Gasteiger charge is -2.34. The molecule has 1 aromatic heterocycles. The Balaban J connectivity index is 2.55. The highest BCUT2D eigenvalue weighted by Crippen LogP contribution is 2.45. The van der Waals surface area contributed by atoms with Crippen LogP contribution in [0.1, 0.15) is 25.0 Å². The standard InChI is InChI=1S/C16H19NOS/c1-13(2)19-16(18-3,14-7-5-4-6-8-14)15-9-11-17-12-10-15/h4-13H,1-3H3. The van der Waals surface area contributed by atoms with Crippen molar-refractivity contribution < 1.29 is 4.74 Å². The largest absolute Gasteiger partial charge is 0.359 e. The van der Waals surface area contributed by atoms with Crippen molar-refractivity contribution in [1.29, 1.82) is 0 Å². The molecule has 3 heteroatoms. The van der Waals surface area contributed by atoms with Crippen LogP contribution in [-0.4, -0.2) is 17.3 Å². The summed E-state index contributed by atoms with van der Waals surface area (Å²) in [5, 5.41) is 0.452. The van der Waals surface area contributed by atoms with Crippen LogP contribution in [0.4, 0.5) is 0 Å². The van der Waals surface area contributed by atoms with Gasteiger partial charge in [0.1, 0.15) is 0 Å². The van der Waals surface area contributed by atoms with Crippen LogP contribution in [0.2, 0.25) is 0 Å². The first-order valence-corrected chi connectivity index (χ1v) is 7.26. The first-order valence-electron chi connectivity index (χ1n) is 6.38. The Morgan fingerprint density at radius 3 is 2.11 bits per heavy atom. The van der Waals surface area contributed by atoms with E-state index in [1.807, 2.05) is 42.7 Å². The third-order valence-corrected chi connectivity index (χ3v) is 4.34. The van der Waals surface area contributed by atoms with E-state index in [2.05, 4.69) is 31.0 Å². The summed E-state index contributed by atoms with van der Waals surface area (Å²) in [6.07, 6.45) is 3.62. The summed E-state index contributed by atoms with van der Waals surface area (Å²) >= 11 is 1.80. The first kappa shape index (κ1) is 14.1. The van der Waals surface area contributed by atoms with Crippen LogP contribution in [-0.2, 0) is 9.67 Å². The number of ether oxygens (including phenoxy) is 1. The second-order valence-electron chi connectivity index (χ2n) is 4.59. The molecule has 19 heavy (non-hydrogen) atoms. The van der Waals surface area contributed by atoms with Gasteiger partial charge in [-0.05, 0) is 17.7 Å². The van der Waals surface area contributed by atoms with Gasteiger partial charge in [-0.2, -0.15) is 0 Å². The number of pyridine rings is 1. The summed E-state index contributed by atoms with van der Waals surface area (Å²) < 4.78 is 5.96. The summed E-state index contributed by atoms with van der Waals surface area (Å²) in [7, 11) is 1.77. The third-order valence-electron chi connectivity index (χ3n) is 2.90. The molecule has 0 N–H and O–H groups in total. The minimum Gasteiger partial charge on any atom is -0.359 e. The molecule has 0 saturated heterocycles. The maximum atomic E-state index is 5.96. The van der Waals surface area contributed by atoms with Crippen molar-refractivity contribution in [2.45, 2.75) is 24.0 Å². The SMILES string of the molecule is COC(SC(C)C)(c1ccccc1)c1ccncc1. The second kappa shape index (κ2) is 6.22. The molecule has 0 spiro atoms. The van der Waals surface area contributed by atoms with E-state index in [1.54, 1.807) is 18.9 Å². The highest BCUT2D eigenvalue weighted by molar-refractivity contribution is 8.00. The first-order chi connectivity index (χ1) is 9.19. The lowest BCUT2D eigenvalue weighted by atomic mass is 10.0. The van der Waals surface area contributed by atoms with Crippen molar-refractivity contribution in [2.75, 3.05) is 7.11 Å². The summed E-state index contributed by atoms with van der Waals surface area (Å²) in [5.41, 5.74) is 2.28. The molecule has 100 valence electrons. The van der Waals surface area contributed by atoms with Crippen LogP contribution in [0, 0.1) is 0 Å². The Hall–Kier alpha value is -1.32. The number of thioether (sulfide) groups is 1. The number of nitrogens with zero attached hydrogens (tertiary/aromatic N) is 1. The maximum absolute atomic E-state index is 5.96. The van der Waals surface area contributed by atoms with Gasteiger partial charge in [-0.1, -0.05) is 44.2 Å². The normalized spacial score (nSPS) is 14.3. The number of hydrogen-bond acceptors (Lipinski definition) is 3. The van der Waals surface area contributed by atoms with Crippen LogP contribution in [0.5, 0.6) is 0 Å². The highest BCUT2D eigenvalue weighted by atomic mass is 32.2. The Bertz CT molecular complexity index is 459. The van der Waals surface area contributed by atoms with Gasteiger partial charge in [0.15, 0.2) is 4.93 Å². The molecule has 1 aromatic carbocycles. The van der Waals surface area contributed by atoms with Gasteiger partial charge in [0, 0.05) is 30.3 Å². The monoisotopic (exact) mass is 273 g/mol. The number of hydrogen-bond donors (Lipinski definition) is 0. The molecule has 1 heterocycles. The van der Waals surface area contributed by atoms with Crippen molar-refractivity contribution in [1.82, 2.24) is 4.98 Å². The third kappa shape index (κ3) is 2.99. The Labute approximate surface area is 119 Å². The molecule has 1 unspecified atom stereocenters. The van der Waals surface area contributed by atoms with E-state index in [0.29, 0.717) is 5.25 Å². The van der Waals surface area contributed by atoms with Crippen LogP contribution < -0.4 is 0 Å². The lowest BCUT2D eigenvalue weighted by Crippen LogP contribution is -2.28. The summed E-state index contributed by atoms with van der Waals surface area (Å²) in [5.74, 6) is 0. The van der Waals surface area contributed by atoms with Crippen LogP contribution in [0.15, 0.2) is 54.9 Å². The molecule has 0 fully saturated rings. The van der Waals surface area contributed by atoms with E-state index in [9.17, 15) is 0 Å². The average Bonchev–Trinajstić information content (AvgIpc) is 2.46. The van der Waals surface area contributed by atoms with Crippen molar-refractivity contribution >= 4 is 11.8 Å². The molecular formula is C16H19NOS. The van der Waals surface area contributed by atoms with Gasteiger partial charge in [-0.15, -0.1) is 11.8 Å². The number of methoxy groups -OCH3 is 1. The van der Waals surface area contributed by atoms with Crippen molar-refractivity contribution in [3.05, 3.63) is 66.0 Å². The Morgan fingerprint density at radius 1 is 1.00 bits per heavy atom. The molecule has 0 aliphatic rings. The van der Waals surface area contributed by atoms with Crippen molar-refractivity contribution in [3.63, 3.8) is 0 Å². The number of aromatic nitrogens is 1. The quantitative estimate of drug-likeness (QED) is 0.767. The van der Waals surface area contributed by atoms with Gasteiger partial charge in [0.05, 0.1) is 0 Å². The lowest BCUT2D eigenvalue weighted by molar-refractivity contribution is 0.104. The second-order valence-corrected chi connectivity index (χ2v) is 6.34. The summed E-state index contributed by atoms with van der Waals surface area (Å²) in [6.45, 7) is 4.37.